The summed E-state index contributed by atoms with van der Waals surface area (Å²) in [6.45, 7) is 4.89. The SMILES string of the molecule is C[C@H]1COCCC1N[C@@H]1C[C@H]2CCC[C@@]2(C(=O)N2CCc3ncc(C(F)F)cc3C2)C1. The zero-order chi connectivity index (χ0) is 21.6. The lowest BCUT2D eigenvalue weighted by Crippen LogP contribution is -2.48. The quantitative estimate of drug-likeness (QED) is 0.783. The van der Waals surface area contributed by atoms with E-state index in [1.807, 2.05) is 4.90 Å². The molecule has 4 aliphatic rings. The fourth-order valence-corrected chi connectivity index (χ4v) is 6.60. The Kier molecular flexibility index (Phi) is 5.76. The molecular weight excluding hydrogens is 400 g/mol. The number of pyridine rings is 1. The summed E-state index contributed by atoms with van der Waals surface area (Å²) in [5.74, 6) is 1.17. The van der Waals surface area contributed by atoms with Gasteiger partial charge in [-0.15, -0.1) is 0 Å². The molecule has 1 unspecified atom stereocenters. The van der Waals surface area contributed by atoms with Gasteiger partial charge in [-0.25, -0.2) is 8.78 Å². The molecule has 2 saturated carbocycles. The van der Waals surface area contributed by atoms with Crippen molar-refractivity contribution in [3.8, 4) is 0 Å². The molecule has 5 nitrogen and oxygen atoms in total. The fourth-order valence-electron chi connectivity index (χ4n) is 6.60. The molecule has 0 radical (unpaired) electrons. The molecule has 0 aromatic carbocycles. The van der Waals surface area contributed by atoms with E-state index in [2.05, 4.69) is 17.2 Å². The van der Waals surface area contributed by atoms with Gasteiger partial charge in [-0.2, -0.15) is 0 Å². The Balaban J connectivity index is 1.30. The Bertz CT molecular complexity index is 835. The second-order valence-electron chi connectivity index (χ2n) is 10.1. The molecule has 1 amide bonds. The summed E-state index contributed by atoms with van der Waals surface area (Å²) in [5.41, 5.74) is 1.30. The molecule has 1 saturated heterocycles. The van der Waals surface area contributed by atoms with Gasteiger partial charge in [0.05, 0.1) is 12.0 Å². The number of ether oxygens (including phenoxy) is 1. The third-order valence-corrected chi connectivity index (χ3v) is 8.25. The van der Waals surface area contributed by atoms with E-state index in [4.69, 9.17) is 4.74 Å². The molecule has 2 aliphatic heterocycles. The number of amides is 1. The highest BCUT2D eigenvalue weighted by Gasteiger charge is 2.56. The second-order valence-corrected chi connectivity index (χ2v) is 10.1. The van der Waals surface area contributed by atoms with E-state index in [1.165, 1.54) is 6.20 Å². The van der Waals surface area contributed by atoms with Gasteiger partial charge in [0.2, 0.25) is 5.91 Å². The number of carbonyl (C=O) groups is 1. The normalized spacial score (nSPS) is 35.3. The number of fused-ring (bicyclic) bond motifs is 2. The average Bonchev–Trinajstić information content (AvgIpc) is 3.32. The van der Waals surface area contributed by atoms with Gasteiger partial charge in [-0.05, 0) is 55.6 Å². The van der Waals surface area contributed by atoms with E-state index in [0.29, 0.717) is 43.4 Å². The number of hydrogen-bond acceptors (Lipinski definition) is 4. The van der Waals surface area contributed by atoms with Crippen LogP contribution in [0.1, 0.15) is 68.7 Å². The molecule has 3 fully saturated rings. The fraction of sp³-hybridized carbons (Fsp3) is 0.750. The van der Waals surface area contributed by atoms with E-state index in [-0.39, 0.29) is 16.9 Å². The van der Waals surface area contributed by atoms with Crippen LogP contribution in [0, 0.1) is 17.3 Å². The number of halogens is 2. The zero-order valence-corrected chi connectivity index (χ0v) is 18.3. The number of hydrogen-bond donors (Lipinski definition) is 1. The van der Waals surface area contributed by atoms with Gasteiger partial charge in [0, 0.05) is 55.7 Å². The maximum absolute atomic E-state index is 13.8. The van der Waals surface area contributed by atoms with Crippen molar-refractivity contribution < 1.29 is 18.3 Å². The Labute approximate surface area is 182 Å². The highest BCUT2D eigenvalue weighted by Crippen LogP contribution is 2.55. The van der Waals surface area contributed by atoms with Gasteiger partial charge >= 0.3 is 0 Å². The third kappa shape index (κ3) is 3.88. The van der Waals surface area contributed by atoms with E-state index in [0.717, 1.165) is 63.0 Å². The number of rotatable bonds is 4. The predicted molar refractivity (Wildman–Crippen MR) is 113 cm³/mol. The molecule has 1 aromatic rings. The molecule has 5 atom stereocenters. The maximum atomic E-state index is 13.8. The standard InChI is InChI=1S/C24H33F2N3O2/c1-15-14-31-8-5-20(15)28-19-10-18-3-2-6-24(18,11-19)23(30)29-7-4-21-17(13-29)9-16(12-27-21)22(25)26/h9,12,15,18-20,22,28H,2-8,10-11,13-14H2,1H3/t15-,18+,19+,20?,24+/m0/s1. The van der Waals surface area contributed by atoms with Gasteiger partial charge in [0.25, 0.3) is 6.43 Å². The summed E-state index contributed by atoms with van der Waals surface area (Å²) in [4.78, 5) is 20.0. The lowest BCUT2D eigenvalue weighted by atomic mass is 9.78. The average molecular weight is 434 g/mol. The Hall–Kier alpha value is -1.60. The molecular formula is C24H33F2N3O2. The van der Waals surface area contributed by atoms with Crippen LogP contribution in [-0.4, -0.2) is 47.6 Å². The summed E-state index contributed by atoms with van der Waals surface area (Å²) in [5, 5.41) is 3.87. The summed E-state index contributed by atoms with van der Waals surface area (Å²) in [6.07, 6.45) is 5.58. The monoisotopic (exact) mass is 433 g/mol. The number of nitrogens with one attached hydrogen (secondary N) is 1. The third-order valence-electron chi connectivity index (χ3n) is 8.25. The molecule has 0 bridgehead atoms. The molecule has 3 heterocycles. The Morgan fingerprint density at radius 2 is 2.26 bits per heavy atom. The number of aromatic nitrogens is 1. The van der Waals surface area contributed by atoms with Crippen LogP contribution in [-0.2, 0) is 22.5 Å². The van der Waals surface area contributed by atoms with E-state index in [9.17, 15) is 13.6 Å². The number of alkyl halides is 2. The Morgan fingerprint density at radius 3 is 3.06 bits per heavy atom. The molecule has 1 N–H and O–H groups in total. The minimum absolute atomic E-state index is 0.0549. The molecule has 0 spiro atoms. The van der Waals surface area contributed by atoms with Crippen molar-refractivity contribution in [2.24, 2.45) is 17.3 Å². The van der Waals surface area contributed by atoms with E-state index >= 15 is 0 Å². The zero-order valence-electron chi connectivity index (χ0n) is 18.3. The van der Waals surface area contributed by atoms with Crippen LogP contribution in [0.4, 0.5) is 8.78 Å². The lowest BCUT2D eigenvalue weighted by Gasteiger charge is -2.37. The van der Waals surface area contributed by atoms with Gasteiger partial charge in [0.1, 0.15) is 0 Å². The summed E-state index contributed by atoms with van der Waals surface area (Å²) in [6, 6.07) is 2.39. The van der Waals surface area contributed by atoms with Crippen LogP contribution >= 0.6 is 0 Å². The molecule has 5 rings (SSSR count). The lowest BCUT2D eigenvalue weighted by molar-refractivity contribution is -0.144. The molecule has 31 heavy (non-hydrogen) atoms. The van der Waals surface area contributed by atoms with Crippen molar-refractivity contribution in [3.05, 3.63) is 29.1 Å². The number of nitrogens with zero attached hydrogens (tertiary/aromatic N) is 2. The molecule has 2 aliphatic carbocycles. The number of carbonyl (C=O) groups excluding carboxylic acids is 1. The van der Waals surface area contributed by atoms with Crippen LogP contribution < -0.4 is 5.32 Å². The van der Waals surface area contributed by atoms with Crippen LogP contribution in [0.3, 0.4) is 0 Å². The first-order chi connectivity index (χ1) is 15.0. The second kappa shape index (κ2) is 8.39. The van der Waals surface area contributed by atoms with Crippen molar-refractivity contribution >= 4 is 5.91 Å². The molecule has 1 aromatic heterocycles. The van der Waals surface area contributed by atoms with Crippen molar-refractivity contribution in [2.45, 2.75) is 76.9 Å². The van der Waals surface area contributed by atoms with Crippen LogP contribution in [0.2, 0.25) is 0 Å². The van der Waals surface area contributed by atoms with Gasteiger partial charge in [-0.1, -0.05) is 13.3 Å². The first-order valence-corrected chi connectivity index (χ1v) is 11.9. The maximum Gasteiger partial charge on any atom is 0.265 e. The highest BCUT2D eigenvalue weighted by atomic mass is 19.3. The van der Waals surface area contributed by atoms with Crippen molar-refractivity contribution in [1.82, 2.24) is 15.2 Å². The van der Waals surface area contributed by atoms with Crippen molar-refractivity contribution in [1.29, 1.82) is 0 Å². The Morgan fingerprint density at radius 1 is 1.39 bits per heavy atom. The minimum atomic E-state index is -2.53. The molecule has 7 heteroatoms. The van der Waals surface area contributed by atoms with E-state index < -0.39 is 6.43 Å². The highest BCUT2D eigenvalue weighted by molar-refractivity contribution is 5.84. The summed E-state index contributed by atoms with van der Waals surface area (Å²) in [7, 11) is 0. The van der Waals surface area contributed by atoms with Crippen molar-refractivity contribution in [2.75, 3.05) is 19.8 Å². The molecule has 170 valence electrons. The van der Waals surface area contributed by atoms with E-state index in [1.54, 1.807) is 6.07 Å². The first kappa shape index (κ1) is 21.3. The smallest absolute Gasteiger partial charge is 0.265 e. The van der Waals surface area contributed by atoms with Crippen molar-refractivity contribution in [3.63, 3.8) is 0 Å². The van der Waals surface area contributed by atoms with Gasteiger partial charge in [-0.3, -0.25) is 9.78 Å². The topological polar surface area (TPSA) is 54.5 Å². The first-order valence-electron chi connectivity index (χ1n) is 11.9. The summed E-state index contributed by atoms with van der Waals surface area (Å²) < 4.78 is 31.9. The van der Waals surface area contributed by atoms with Gasteiger partial charge < -0.3 is 15.0 Å². The van der Waals surface area contributed by atoms with Gasteiger partial charge in [0.15, 0.2) is 0 Å². The minimum Gasteiger partial charge on any atom is -0.381 e. The summed E-state index contributed by atoms with van der Waals surface area (Å²) >= 11 is 0. The van der Waals surface area contributed by atoms with Crippen LogP contribution in [0.15, 0.2) is 12.3 Å². The largest absolute Gasteiger partial charge is 0.381 e. The van der Waals surface area contributed by atoms with Crippen LogP contribution in [0.5, 0.6) is 0 Å². The predicted octanol–water partition coefficient (Wildman–Crippen LogP) is 3.87. The van der Waals surface area contributed by atoms with Crippen LogP contribution in [0.25, 0.3) is 0 Å².